The molecule has 2 atom stereocenters. The molecule has 1 saturated heterocycles. The lowest BCUT2D eigenvalue weighted by Gasteiger charge is -2.38. The second kappa shape index (κ2) is 9.73. The summed E-state index contributed by atoms with van der Waals surface area (Å²) in [6.07, 6.45) is 9.60. The van der Waals surface area contributed by atoms with Crippen LogP contribution in [0.1, 0.15) is 58.9 Å². The van der Waals surface area contributed by atoms with Crippen molar-refractivity contribution in [3.8, 4) is 6.07 Å². The molecule has 2 aromatic carbocycles. The molecule has 0 amide bonds. The summed E-state index contributed by atoms with van der Waals surface area (Å²) in [6, 6.07) is 26.9. The summed E-state index contributed by atoms with van der Waals surface area (Å²) in [5.74, 6) is 0.970. The largest absolute Gasteiger partial charge is 0.341 e. The number of hydrogen-bond acceptors (Lipinski definition) is 5. The van der Waals surface area contributed by atoms with Crippen molar-refractivity contribution < 1.29 is 0 Å². The smallest absolute Gasteiger partial charge is 0.124 e. The lowest BCUT2D eigenvalue weighted by atomic mass is 9.81. The van der Waals surface area contributed by atoms with Gasteiger partial charge < -0.3 is 4.98 Å². The SMILES string of the molecule is N#Cc1cccc(C(C(c2cccnc2)c2cccnc2)N2CCCC2c2nc3ccccc3[nH]2)c1. The van der Waals surface area contributed by atoms with Crippen LogP contribution in [0.2, 0.25) is 0 Å². The molecule has 0 bridgehead atoms. The van der Waals surface area contributed by atoms with Crippen LogP contribution in [0.4, 0.5) is 0 Å². The fourth-order valence-corrected chi connectivity index (χ4v) is 5.59. The van der Waals surface area contributed by atoms with Crippen LogP contribution in [0, 0.1) is 11.3 Å². The van der Waals surface area contributed by atoms with Crippen molar-refractivity contribution in [1.29, 1.82) is 5.26 Å². The number of benzene rings is 2. The van der Waals surface area contributed by atoms with Gasteiger partial charge >= 0.3 is 0 Å². The molecular formula is C30H26N6. The number of nitrogens with one attached hydrogen (secondary N) is 1. The van der Waals surface area contributed by atoms with Gasteiger partial charge in [-0.05, 0) is 72.5 Å². The number of para-hydroxylation sites is 2. The first kappa shape index (κ1) is 22.1. The molecule has 36 heavy (non-hydrogen) atoms. The number of hydrogen-bond donors (Lipinski definition) is 1. The van der Waals surface area contributed by atoms with Crippen LogP contribution in [0.5, 0.6) is 0 Å². The van der Waals surface area contributed by atoms with Gasteiger partial charge in [0.15, 0.2) is 0 Å². The summed E-state index contributed by atoms with van der Waals surface area (Å²) in [5.41, 5.74) is 6.04. The summed E-state index contributed by atoms with van der Waals surface area (Å²) < 4.78 is 0. The molecule has 0 saturated carbocycles. The average molecular weight is 471 g/mol. The third-order valence-corrected chi connectivity index (χ3v) is 7.13. The van der Waals surface area contributed by atoms with E-state index in [9.17, 15) is 5.26 Å². The number of likely N-dealkylation sites (tertiary alicyclic amines) is 1. The number of H-pyrrole nitrogens is 1. The Hall–Kier alpha value is -4.34. The predicted molar refractivity (Wildman–Crippen MR) is 139 cm³/mol. The topological polar surface area (TPSA) is 81.5 Å². The Morgan fingerprint density at radius 2 is 1.64 bits per heavy atom. The molecule has 4 heterocycles. The van der Waals surface area contributed by atoms with E-state index in [-0.39, 0.29) is 18.0 Å². The second-order valence-electron chi connectivity index (χ2n) is 9.27. The van der Waals surface area contributed by atoms with Crippen LogP contribution >= 0.6 is 0 Å². The second-order valence-corrected chi connectivity index (χ2v) is 9.27. The first-order valence-electron chi connectivity index (χ1n) is 12.3. The maximum Gasteiger partial charge on any atom is 0.124 e. The Kier molecular flexibility index (Phi) is 5.98. The first-order valence-corrected chi connectivity index (χ1v) is 12.3. The van der Waals surface area contributed by atoms with Gasteiger partial charge in [0.25, 0.3) is 0 Å². The highest BCUT2D eigenvalue weighted by atomic mass is 15.2. The lowest BCUT2D eigenvalue weighted by molar-refractivity contribution is 0.160. The molecule has 6 heteroatoms. The summed E-state index contributed by atoms with van der Waals surface area (Å²) in [4.78, 5) is 20.1. The molecule has 176 valence electrons. The number of nitrogens with zero attached hydrogens (tertiary/aromatic N) is 5. The minimum atomic E-state index is -0.0348. The zero-order valence-electron chi connectivity index (χ0n) is 19.8. The normalized spacial score (nSPS) is 16.8. The fourth-order valence-electron chi connectivity index (χ4n) is 5.59. The van der Waals surface area contributed by atoms with Gasteiger partial charge in [-0.25, -0.2) is 4.98 Å². The highest BCUT2D eigenvalue weighted by Gasteiger charge is 2.39. The van der Waals surface area contributed by atoms with Crippen LogP contribution in [0.15, 0.2) is 97.6 Å². The van der Waals surface area contributed by atoms with Crippen LogP contribution in [0.25, 0.3) is 11.0 Å². The molecule has 3 aromatic heterocycles. The van der Waals surface area contributed by atoms with E-state index in [2.05, 4.69) is 56.3 Å². The molecule has 5 aromatic rings. The Morgan fingerprint density at radius 3 is 2.33 bits per heavy atom. The number of pyridine rings is 2. The number of fused-ring (bicyclic) bond motifs is 1. The third kappa shape index (κ3) is 4.15. The van der Waals surface area contributed by atoms with Gasteiger partial charge in [0.2, 0.25) is 0 Å². The highest BCUT2D eigenvalue weighted by Crippen LogP contribution is 2.47. The summed E-state index contributed by atoms with van der Waals surface area (Å²) >= 11 is 0. The summed E-state index contributed by atoms with van der Waals surface area (Å²) in [5, 5.41) is 9.69. The van der Waals surface area contributed by atoms with E-state index in [1.54, 1.807) is 0 Å². The zero-order chi connectivity index (χ0) is 24.3. The van der Waals surface area contributed by atoms with Gasteiger partial charge in [0.1, 0.15) is 5.82 Å². The third-order valence-electron chi connectivity index (χ3n) is 7.13. The Bertz CT molecular complexity index is 1430. The zero-order valence-corrected chi connectivity index (χ0v) is 19.8. The fraction of sp³-hybridized carbons (Fsp3) is 0.200. The van der Waals surface area contributed by atoms with E-state index in [1.165, 1.54) is 0 Å². The van der Waals surface area contributed by atoms with Crippen LogP contribution in [0.3, 0.4) is 0 Å². The monoisotopic (exact) mass is 470 g/mol. The van der Waals surface area contributed by atoms with Gasteiger partial charge in [0, 0.05) is 36.7 Å². The van der Waals surface area contributed by atoms with E-state index >= 15 is 0 Å². The highest BCUT2D eigenvalue weighted by molar-refractivity contribution is 5.74. The molecule has 6 nitrogen and oxygen atoms in total. The van der Waals surface area contributed by atoms with Gasteiger partial charge in [-0.3, -0.25) is 14.9 Å². The molecule has 2 unspecified atom stereocenters. The van der Waals surface area contributed by atoms with Crippen molar-refractivity contribution >= 4 is 11.0 Å². The quantitative estimate of drug-likeness (QED) is 0.332. The number of imidazole rings is 1. The van der Waals surface area contributed by atoms with Crippen LogP contribution < -0.4 is 0 Å². The predicted octanol–water partition coefficient (Wildman–Crippen LogP) is 5.93. The van der Waals surface area contributed by atoms with E-state index in [4.69, 9.17) is 4.98 Å². The molecule has 1 N–H and O–H groups in total. The minimum absolute atomic E-state index is 0.0219. The van der Waals surface area contributed by atoms with Gasteiger partial charge in [0.05, 0.1) is 28.7 Å². The molecule has 0 radical (unpaired) electrons. The standard InChI is InChI=1S/C30H26N6/c31-18-21-7-3-8-22(17-21)29(28(23-9-4-14-32-19-23)24-10-5-15-33-20-24)36-16-6-13-27(36)30-34-25-11-1-2-12-26(25)35-30/h1-5,7-12,14-15,17,19-20,27-29H,6,13,16H2,(H,34,35). The number of nitriles is 1. The maximum atomic E-state index is 9.69. The molecule has 1 aliphatic rings. The summed E-state index contributed by atoms with van der Waals surface area (Å²) in [7, 11) is 0. The first-order chi connectivity index (χ1) is 17.8. The Morgan fingerprint density at radius 1 is 0.889 bits per heavy atom. The van der Waals surface area contributed by atoms with Gasteiger partial charge in [-0.1, -0.05) is 36.4 Å². The van der Waals surface area contributed by atoms with E-state index < -0.39 is 0 Å². The average Bonchev–Trinajstić information content (AvgIpc) is 3.60. The van der Waals surface area contributed by atoms with Gasteiger partial charge in [-0.15, -0.1) is 0 Å². The number of aromatic nitrogens is 4. The number of rotatable bonds is 6. The van der Waals surface area contributed by atoms with Crippen LogP contribution in [-0.4, -0.2) is 31.4 Å². The molecule has 1 aliphatic heterocycles. The molecule has 6 rings (SSSR count). The van der Waals surface area contributed by atoms with E-state index in [0.717, 1.165) is 52.9 Å². The molecule has 0 aliphatic carbocycles. The van der Waals surface area contributed by atoms with E-state index in [0.29, 0.717) is 5.56 Å². The lowest BCUT2D eigenvalue weighted by Crippen LogP contribution is -2.34. The van der Waals surface area contributed by atoms with Crippen molar-refractivity contribution in [2.24, 2.45) is 0 Å². The molecule has 0 spiro atoms. The summed E-state index contributed by atoms with van der Waals surface area (Å²) in [6.45, 7) is 0.931. The van der Waals surface area contributed by atoms with Gasteiger partial charge in [-0.2, -0.15) is 5.26 Å². The van der Waals surface area contributed by atoms with Crippen molar-refractivity contribution in [2.75, 3.05) is 6.54 Å². The minimum Gasteiger partial charge on any atom is -0.341 e. The van der Waals surface area contributed by atoms with Crippen LogP contribution in [-0.2, 0) is 0 Å². The number of aromatic amines is 1. The van der Waals surface area contributed by atoms with E-state index in [1.807, 2.05) is 67.3 Å². The van der Waals surface area contributed by atoms with Crippen molar-refractivity contribution in [1.82, 2.24) is 24.8 Å². The maximum absolute atomic E-state index is 9.69. The van der Waals surface area contributed by atoms with Crippen molar-refractivity contribution in [3.05, 3.63) is 126 Å². The van der Waals surface area contributed by atoms with Crippen molar-refractivity contribution in [3.63, 3.8) is 0 Å². The molecule has 1 fully saturated rings. The Balaban J connectivity index is 1.53. The van der Waals surface area contributed by atoms with Crippen molar-refractivity contribution in [2.45, 2.75) is 30.8 Å². The Labute approximate surface area is 210 Å². The molecular weight excluding hydrogens is 444 g/mol.